The van der Waals surface area contributed by atoms with Crippen LogP contribution < -0.4 is 20.1 Å². The van der Waals surface area contributed by atoms with Gasteiger partial charge in [-0.25, -0.2) is 0 Å². The van der Waals surface area contributed by atoms with Gasteiger partial charge in [-0.2, -0.15) is 0 Å². The Morgan fingerprint density at radius 3 is 2.30 bits per heavy atom. The summed E-state index contributed by atoms with van der Waals surface area (Å²) in [5.74, 6) is 2.43. The Morgan fingerprint density at radius 2 is 1.70 bits per heavy atom. The molecule has 0 saturated carbocycles. The average Bonchev–Trinajstić information content (AvgIpc) is 2.56. The molecule has 0 aliphatic carbocycles. The highest BCUT2D eigenvalue weighted by Crippen LogP contribution is 2.18. The van der Waals surface area contributed by atoms with Gasteiger partial charge in [0.05, 0.1) is 13.7 Å². The fourth-order valence-corrected chi connectivity index (χ4v) is 1.80. The van der Waals surface area contributed by atoms with Gasteiger partial charge in [-0.3, -0.25) is 4.99 Å². The van der Waals surface area contributed by atoms with E-state index in [9.17, 15) is 0 Å². The number of nitrogens with one attached hydrogen (secondary N) is 2. The van der Waals surface area contributed by atoms with Crippen molar-refractivity contribution in [1.82, 2.24) is 10.6 Å². The lowest BCUT2D eigenvalue weighted by molar-refractivity contribution is 0.195. The standard InChI is InChI=1S/C16H27N3O3.HI/c1-17-16(18-9-5-11-20-2)19-10-6-12-22-15-8-4-7-14(13-15)21-3;/h4,7-8,13H,5-6,9-12H2,1-3H3,(H2,17,18,19);1H. The fourth-order valence-electron chi connectivity index (χ4n) is 1.80. The van der Waals surface area contributed by atoms with E-state index in [0.717, 1.165) is 50.0 Å². The number of nitrogens with zero attached hydrogens (tertiary/aromatic N) is 1. The van der Waals surface area contributed by atoms with Gasteiger partial charge < -0.3 is 24.8 Å². The second kappa shape index (κ2) is 14.4. The van der Waals surface area contributed by atoms with E-state index < -0.39 is 0 Å². The first-order valence-corrected chi connectivity index (χ1v) is 7.50. The van der Waals surface area contributed by atoms with E-state index >= 15 is 0 Å². The Balaban J connectivity index is 0.00000484. The summed E-state index contributed by atoms with van der Waals surface area (Å²) in [6.45, 7) is 3.03. The largest absolute Gasteiger partial charge is 0.497 e. The molecule has 23 heavy (non-hydrogen) atoms. The predicted octanol–water partition coefficient (Wildman–Crippen LogP) is 2.28. The molecular formula is C16H28IN3O3. The number of rotatable bonds is 10. The van der Waals surface area contributed by atoms with Crippen molar-refractivity contribution in [3.8, 4) is 11.5 Å². The minimum atomic E-state index is 0. The number of methoxy groups -OCH3 is 2. The molecule has 132 valence electrons. The maximum absolute atomic E-state index is 5.68. The van der Waals surface area contributed by atoms with Gasteiger partial charge in [0.2, 0.25) is 0 Å². The molecule has 6 nitrogen and oxygen atoms in total. The summed E-state index contributed by atoms with van der Waals surface area (Å²) in [4.78, 5) is 4.16. The molecule has 2 N–H and O–H groups in total. The smallest absolute Gasteiger partial charge is 0.190 e. The topological polar surface area (TPSA) is 64.1 Å². The highest BCUT2D eigenvalue weighted by molar-refractivity contribution is 14.0. The zero-order valence-electron chi connectivity index (χ0n) is 14.1. The van der Waals surface area contributed by atoms with Crippen LogP contribution in [0.3, 0.4) is 0 Å². The average molecular weight is 437 g/mol. The minimum Gasteiger partial charge on any atom is -0.497 e. The highest BCUT2D eigenvalue weighted by Gasteiger charge is 1.98. The number of aliphatic imine (C=N–C) groups is 1. The Hall–Kier alpha value is -1.22. The van der Waals surface area contributed by atoms with Gasteiger partial charge in [-0.05, 0) is 25.0 Å². The number of hydrogen-bond acceptors (Lipinski definition) is 4. The molecule has 0 saturated heterocycles. The van der Waals surface area contributed by atoms with Gasteiger partial charge in [0.1, 0.15) is 11.5 Å². The van der Waals surface area contributed by atoms with Crippen LogP contribution in [0.2, 0.25) is 0 Å². The van der Waals surface area contributed by atoms with E-state index in [1.54, 1.807) is 21.3 Å². The Labute approximate surface area is 156 Å². The van der Waals surface area contributed by atoms with Crippen molar-refractivity contribution in [1.29, 1.82) is 0 Å². The molecule has 0 fully saturated rings. The van der Waals surface area contributed by atoms with E-state index in [-0.39, 0.29) is 24.0 Å². The molecule has 0 aliphatic heterocycles. The van der Waals surface area contributed by atoms with Crippen molar-refractivity contribution < 1.29 is 14.2 Å². The lowest BCUT2D eigenvalue weighted by atomic mass is 10.3. The molecule has 0 amide bonds. The van der Waals surface area contributed by atoms with E-state index in [1.807, 2.05) is 24.3 Å². The lowest BCUT2D eigenvalue weighted by Gasteiger charge is -2.12. The van der Waals surface area contributed by atoms with E-state index in [1.165, 1.54) is 0 Å². The Morgan fingerprint density at radius 1 is 1.04 bits per heavy atom. The second-order valence-electron chi connectivity index (χ2n) is 4.65. The summed E-state index contributed by atoms with van der Waals surface area (Å²) in [5.41, 5.74) is 0. The Bertz CT molecular complexity index is 444. The van der Waals surface area contributed by atoms with Gasteiger partial charge in [0.25, 0.3) is 0 Å². The summed E-state index contributed by atoms with van der Waals surface area (Å²) in [6, 6.07) is 7.61. The van der Waals surface area contributed by atoms with Crippen molar-refractivity contribution >= 4 is 29.9 Å². The molecule has 0 spiro atoms. The zero-order valence-corrected chi connectivity index (χ0v) is 16.5. The summed E-state index contributed by atoms with van der Waals surface area (Å²) in [7, 11) is 5.11. The molecule has 1 aromatic carbocycles. The minimum absolute atomic E-state index is 0. The maximum Gasteiger partial charge on any atom is 0.190 e. The van der Waals surface area contributed by atoms with Crippen LogP contribution in [0.1, 0.15) is 12.8 Å². The SMILES string of the molecule is CN=C(NCCCOC)NCCCOc1cccc(OC)c1.I. The first-order chi connectivity index (χ1) is 10.8. The first kappa shape index (κ1) is 21.8. The van der Waals surface area contributed by atoms with Crippen molar-refractivity contribution in [2.24, 2.45) is 4.99 Å². The van der Waals surface area contributed by atoms with Gasteiger partial charge in [-0.1, -0.05) is 6.07 Å². The second-order valence-corrected chi connectivity index (χ2v) is 4.65. The third kappa shape index (κ3) is 10.2. The molecule has 0 atom stereocenters. The molecule has 1 aromatic rings. The maximum atomic E-state index is 5.68. The summed E-state index contributed by atoms with van der Waals surface area (Å²) in [5, 5.41) is 6.48. The molecule has 0 bridgehead atoms. The number of hydrogen-bond donors (Lipinski definition) is 2. The summed E-state index contributed by atoms with van der Waals surface area (Å²) < 4.78 is 15.8. The first-order valence-electron chi connectivity index (χ1n) is 7.50. The molecule has 0 unspecified atom stereocenters. The monoisotopic (exact) mass is 437 g/mol. The predicted molar refractivity (Wildman–Crippen MR) is 104 cm³/mol. The Kier molecular flexibility index (Phi) is 13.6. The molecule has 0 heterocycles. The molecule has 1 rings (SSSR count). The normalized spacial score (nSPS) is 10.7. The molecule has 0 aromatic heterocycles. The van der Waals surface area contributed by atoms with Crippen LogP contribution in [0.5, 0.6) is 11.5 Å². The van der Waals surface area contributed by atoms with Gasteiger partial charge in [-0.15, -0.1) is 24.0 Å². The van der Waals surface area contributed by atoms with Crippen LogP contribution in [0.4, 0.5) is 0 Å². The third-order valence-electron chi connectivity index (χ3n) is 2.96. The van der Waals surface area contributed by atoms with Gasteiger partial charge in [0, 0.05) is 39.9 Å². The number of ether oxygens (including phenoxy) is 3. The van der Waals surface area contributed by atoms with Crippen LogP contribution in [0.15, 0.2) is 29.3 Å². The quantitative estimate of drug-likeness (QED) is 0.255. The van der Waals surface area contributed by atoms with Crippen LogP contribution in [0.25, 0.3) is 0 Å². The van der Waals surface area contributed by atoms with Crippen molar-refractivity contribution in [3.05, 3.63) is 24.3 Å². The van der Waals surface area contributed by atoms with Crippen LogP contribution in [-0.4, -0.2) is 53.5 Å². The lowest BCUT2D eigenvalue weighted by Crippen LogP contribution is -2.38. The van der Waals surface area contributed by atoms with Crippen LogP contribution in [0, 0.1) is 0 Å². The fraction of sp³-hybridized carbons (Fsp3) is 0.562. The van der Waals surface area contributed by atoms with E-state index in [4.69, 9.17) is 14.2 Å². The molecular weight excluding hydrogens is 409 g/mol. The molecule has 0 aliphatic rings. The van der Waals surface area contributed by atoms with E-state index in [2.05, 4.69) is 15.6 Å². The molecule has 7 heteroatoms. The van der Waals surface area contributed by atoms with Crippen molar-refractivity contribution in [3.63, 3.8) is 0 Å². The van der Waals surface area contributed by atoms with Gasteiger partial charge in [0.15, 0.2) is 5.96 Å². The van der Waals surface area contributed by atoms with Crippen molar-refractivity contribution in [2.75, 3.05) is 47.6 Å². The zero-order chi connectivity index (χ0) is 16.0. The summed E-state index contributed by atoms with van der Waals surface area (Å²) in [6.07, 6.45) is 1.84. The third-order valence-corrected chi connectivity index (χ3v) is 2.96. The number of benzene rings is 1. The van der Waals surface area contributed by atoms with E-state index in [0.29, 0.717) is 6.61 Å². The van der Waals surface area contributed by atoms with Crippen LogP contribution >= 0.6 is 24.0 Å². The highest BCUT2D eigenvalue weighted by atomic mass is 127. The summed E-state index contributed by atoms with van der Waals surface area (Å²) >= 11 is 0. The van der Waals surface area contributed by atoms with Crippen molar-refractivity contribution in [2.45, 2.75) is 12.8 Å². The van der Waals surface area contributed by atoms with Gasteiger partial charge >= 0.3 is 0 Å². The molecule has 0 radical (unpaired) electrons. The number of guanidine groups is 1. The van der Waals surface area contributed by atoms with Crippen LogP contribution in [-0.2, 0) is 4.74 Å². The number of halogens is 1.